The fourth-order valence-electron chi connectivity index (χ4n) is 3.78. The van der Waals surface area contributed by atoms with E-state index in [0.29, 0.717) is 32.1 Å². The standard InChI is InChI=1S/C26H24N2O5S/c1-16-23(25(30)33-4)19(12-10-17-8-6-5-7-9-17)28-24(29)22(34-26(28)27-16)15-18-11-13-20(31-2)21(14-18)32-3/h5-15,19H,1-4H3/b12-10+,22-15+/t19-/m1/s1. The number of rotatable bonds is 6. The fraction of sp³-hybridized carbons (Fsp3) is 0.192. The van der Waals surface area contributed by atoms with Gasteiger partial charge in [0.05, 0.1) is 43.2 Å². The fourth-order valence-corrected chi connectivity index (χ4v) is 4.83. The van der Waals surface area contributed by atoms with E-state index in [0.717, 1.165) is 11.1 Å². The molecule has 0 saturated heterocycles. The quantitative estimate of drug-likeness (QED) is 0.511. The molecule has 0 bridgehead atoms. The molecule has 4 rings (SSSR count). The van der Waals surface area contributed by atoms with Gasteiger partial charge in [-0.3, -0.25) is 9.36 Å². The van der Waals surface area contributed by atoms with Gasteiger partial charge in [-0.2, -0.15) is 0 Å². The molecular weight excluding hydrogens is 452 g/mol. The Balaban J connectivity index is 1.86. The molecule has 2 heterocycles. The first-order chi connectivity index (χ1) is 16.5. The smallest absolute Gasteiger partial charge is 0.338 e. The summed E-state index contributed by atoms with van der Waals surface area (Å²) in [5.41, 5.74) is 2.35. The van der Waals surface area contributed by atoms with Crippen LogP contribution >= 0.6 is 11.3 Å². The zero-order valence-electron chi connectivity index (χ0n) is 19.3. The Morgan fingerprint density at radius 1 is 1.03 bits per heavy atom. The Kier molecular flexibility index (Phi) is 6.79. The number of thiazole rings is 1. The maximum atomic E-state index is 13.5. The Morgan fingerprint density at radius 2 is 1.76 bits per heavy atom. The Bertz CT molecular complexity index is 1470. The Labute approximate surface area is 200 Å². The molecule has 0 spiro atoms. The number of carbonyl (C=O) groups excluding carboxylic acids is 1. The van der Waals surface area contributed by atoms with Crippen molar-refractivity contribution in [3.63, 3.8) is 0 Å². The van der Waals surface area contributed by atoms with Crippen molar-refractivity contribution in [2.24, 2.45) is 4.99 Å². The third-order valence-electron chi connectivity index (χ3n) is 5.45. The van der Waals surface area contributed by atoms with Crippen LogP contribution in [-0.4, -0.2) is 31.9 Å². The first kappa shape index (κ1) is 23.3. The van der Waals surface area contributed by atoms with E-state index in [1.54, 1.807) is 39.4 Å². The highest BCUT2D eigenvalue weighted by molar-refractivity contribution is 7.07. The van der Waals surface area contributed by atoms with Gasteiger partial charge in [-0.05, 0) is 36.3 Å². The number of aromatic nitrogens is 1. The van der Waals surface area contributed by atoms with Crippen LogP contribution in [0.15, 0.2) is 75.7 Å². The molecule has 0 saturated carbocycles. The lowest BCUT2D eigenvalue weighted by atomic mass is 10.0. The average Bonchev–Trinajstić information content (AvgIpc) is 3.16. The third kappa shape index (κ3) is 4.45. The Morgan fingerprint density at radius 3 is 2.44 bits per heavy atom. The largest absolute Gasteiger partial charge is 0.493 e. The number of fused-ring (bicyclic) bond motifs is 1. The lowest BCUT2D eigenvalue weighted by molar-refractivity contribution is -0.136. The molecule has 1 atom stereocenters. The van der Waals surface area contributed by atoms with Gasteiger partial charge in [0.1, 0.15) is 0 Å². The highest BCUT2D eigenvalue weighted by Crippen LogP contribution is 2.28. The molecule has 1 aromatic heterocycles. The average molecular weight is 477 g/mol. The summed E-state index contributed by atoms with van der Waals surface area (Å²) >= 11 is 1.27. The number of allylic oxidation sites excluding steroid dienone is 2. The molecule has 0 aliphatic carbocycles. The molecule has 1 aliphatic heterocycles. The molecule has 0 N–H and O–H groups in total. The molecule has 3 aromatic rings. The molecule has 0 radical (unpaired) electrons. The third-order valence-corrected chi connectivity index (χ3v) is 6.43. The lowest BCUT2D eigenvalue weighted by Gasteiger charge is -2.21. The first-order valence-corrected chi connectivity index (χ1v) is 11.3. The summed E-state index contributed by atoms with van der Waals surface area (Å²) in [4.78, 5) is 31.2. The lowest BCUT2D eigenvalue weighted by Crippen LogP contribution is -2.38. The van der Waals surface area contributed by atoms with E-state index in [2.05, 4.69) is 4.99 Å². The van der Waals surface area contributed by atoms with Crippen LogP contribution in [0.3, 0.4) is 0 Å². The van der Waals surface area contributed by atoms with Crippen LogP contribution in [0.5, 0.6) is 11.5 Å². The normalized spacial score (nSPS) is 15.8. The van der Waals surface area contributed by atoms with Gasteiger partial charge in [-0.1, -0.05) is 59.9 Å². The van der Waals surface area contributed by atoms with Gasteiger partial charge >= 0.3 is 5.97 Å². The van der Waals surface area contributed by atoms with E-state index >= 15 is 0 Å². The maximum Gasteiger partial charge on any atom is 0.338 e. The molecule has 1 aliphatic rings. The summed E-state index contributed by atoms with van der Waals surface area (Å²) in [6.07, 6.45) is 5.50. The number of hydrogen-bond acceptors (Lipinski definition) is 7. The number of methoxy groups -OCH3 is 3. The summed E-state index contributed by atoms with van der Waals surface area (Å²) in [7, 11) is 4.45. The van der Waals surface area contributed by atoms with E-state index in [4.69, 9.17) is 14.2 Å². The zero-order chi connectivity index (χ0) is 24.2. The van der Waals surface area contributed by atoms with Gasteiger partial charge in [0.15, 0.2) is 16.3 Å². The molecule has 2 aromatic carbocycles. The van der Waals surface area contributed by atoms with Gasteiger partial charge in [0, 0.05) is 0 Å². The molecular formula is C26H24N2O5S. The molecule has 174 valence electrons. The van der Waals surface area contributed by atoms with Gasteiger partial charge in [0.25, 0.3) is 5.56 Å². The first-order valence-electron chi connectivity index (χ1n) is 10.5. The second-order valence-electron chi connectivity index (χ2n) is 7.50. The van der Waals surface area contributed by atoms with Crippen LogP contribution in [0, 0.1) is 0 Å². The van der Waals surface area contributed by atoms with Gasteiger partial charge in [-0.15, -0.1) is 0 Å². The van der Waals surface area contributed by atoms with Crippen LogP contribution < -0.4 is 24.4 Å². The predicted molar refractivity (Wildman–Crippen MR) is 132 cm³/mol. The number of carbonyl (C=O) groups is 1. The minimum Gasteiger partial charge on any atom is -0.493 e. The number of nitrogens with zero attached hydrogens (tertiary/aromatic N) is 2. The maximum absolute atomic E-state index is 13.5. The van der Waals surface area contributed by atoms with Crippen LogP contribution in [0.4, 0.5) is 0 Å². The Hall–Kier alpha value is -3.91. The van der Waals surface area contributed by atoms with E-state index in [1.165, 1.54) is 23.0 Å². The summed E-state index contributed by atoms with van der Waals surface area (Å²) in [6, 6.07) is 14.5. The van der Waals surface area contributed by atoms with Crippen molar-refractivity contribution in [2.75, 3.05) is 21.3 Å². The summed E-state index contributed by atoms with van der Waals surface area (Å²) in [5.74, 6) is 0.653. The van der Waals surface area contributed by atoms with Crippen LogP contribution in [0.2, 0.25) is 0 Å². The van der Waals surface area contributed by atoms with Gasteiger partial charge in [-0.25, -0.2) is 9.79 Å². The van der Waals surface area contributed by atoms with Gasteiger partial charge < -0.3 is 14.2 Å². The number of hydrogen-bond donors (Lipinski definition) is 0. The molecule has 7 nitrogen and oxygen atoms in total. The van der Waals surface area contributed by atoms with E-state index in [-0.39, 0.29) is 5.56 Å². The number of ether oxygens (including phenoxy) is 3. The van der Waals surface area contributed by atoms with Crippen molar-refractivity contribution in [1.29, 1.82) is 0 Å². The molecule has 34 heavy (non-hydrogen) atoms. The zero-order valence-corrected chi connectivity index (χ0v) is 20.1. The summed E-state index contributed by atoms with van der Waals surface area (Å²) in [5, 5.41) is 0. The predicted octanol–water partition coefficient (Wildman–Crippen LogP) is 3.09. The second kappa shape index (κ2) is 9.93. The molecule has 8 heteroatoms. The van der Waals surface area contributed by atoms with Crippen LogP contribution in [0.1, 0.15) is 24.1 Å². The van der Waals surface area contributed by atoms with Gasteiger partial charge in [0.2, 0.25) is 0 Å². The minimum absolute atomic E-state index is 0.241. The van der Waals surface area contributed by atoms with E-state index in [1.807, 2.05) is 48.6 Å². The number of benzene rings is 2. The van der Waals surface area contributed by atoms with Crippen LogP contribution in [-0.2, 0) is 9.53 Å². The van der Waals surface area contributed by atoms with Crippen molar-refractivity contribution in [1.82, 2.24) is 4.57 Å². The van der Waals surface area contributed by atoms with Crippen molar-refractivity contribution in [3.8, 4) is 11.5 Å². The van der Waals surface area contributed by atoms with Crippen LogP contribution in [0.25, 0.3) is 12.2 Å². The SMILES string of the molecule is COC(=O)C1=C(C)N=c2s/c(=C/c3ccc(OC)c(OC)c3)c(=O)n2[C@@H]1/C=C/c1ccccc1. The summed E-state index contributed by atoms with van der Waals surface area (Å²) in [6.45, 7) is 1.75. The number of esters is 1. The molecule has 0 amide bonds. The highest BCUT2D eigenvalue weighted by Gasteiger charge is 2.30. The summed E-state index contributed by atoms with van der Waals surface area (Å²) < 4.78 is 17.7. The van der Waals surface area contributed by atoms with Crippen molar-refractivity contribution in [3.05, 3.63) is 96.7 Å². The highest BCUT2D eigenvalue weighted by atomic mass is 32.1. The van der Waals surface area contributed by atoms with E-state index in [9.17, 15) is 9.59 Å². The van der Waals surface area contributed by atoms with E-state index < -0.39 is 12.0 Å². The van der Waals surface area contributed by atoms with Crippen molar-refractivity contribution < 1.29 is 19.0 Å². The monoisotopic (exact) mass is 476 g/mol. The minimum atomic E-state index is -0.642. The second-order valence-corrected chi connectivity index (χ2v) is 8.51. The molecule has 0 fully saturated rings. The molecule has 0 unspecified atom stereocenters. The van der Waals surface area contributed by atoms with Crippen molar-refractivity contribution >= 4 is 29.5 Å². The van der Waals surface area contributed by atoms with Crippen molar-refractivity contribution in [2.45, 2.75) is 13.0 Å². The topological polar surface area (TPSA) is 79.1 Å².